The van der Waals surface area contributed by atoms with Crippen molar-refractivity contribution >= 4 is 33.9 Å². The maximum Gasteiger partial charge on any atom is 0.103 e. The summed E-state index contributed by atoms with van der Waals surface area (Å²) in [6.45, 7) is 16.4. The van der Waals surface area contributed by atoms with Crippen molar-refractivity contribution < 1.29 is 0 Å². The van der Waals surface area contributed by atoms with Crippen LogP contribution in [0.25, 0.3) is 10.9 Å². The average Bonchev–Trinajstić information content (AvgIpc) is 3.45. The van der Waals surface area contributed by atoms with E-state index in [-0.39, 0.29) is 17.0 Å². The Labute approximate surface area is 261 Å². The van der Waals surface area contributed by atoms with Crippen LogP contribution in [0.5, 0.6) is 0 Å². The fourth-order valence-electron chi connectivity index (χ4n) is 5.84. The zero-order valence-corrected chi connectivity index (χ0v) is 27.0. The smallest absolute Gasteiger partial charge is 0.103 e. The summed E-state index contributed by atoms with van der Waals surface area (Å²) in [6, 6.07) is 16.9. The number of aromatic nitrogens is 1. The van der Waals surface area contributed by atoms with E-state index in [1.54, 1.807) is 6.20 Å². The molecule has 1 atom stereocenters. The number of nitriles is 1. The van der Waals surface area contributed by atoms with Crippen LogP contribution in [-0.2, 0) is 0 Å². The molecule has 0 spiro atoms. The Balaban J connectivity index is 1.44. The van der Waals surface area contributed by atoms with Gasteiger partial charge in [0.15, 0.2) is 0 Å². The Morgan fingerprint density at radius 3 is 2.47 bits per heavy atom. The zero-order chi connectivity index (χ0) is 30.8. The molecule has 0 saturated carbocycles. The van der Waals surface area contributed by atoms with Crippen LogP contribution in [0.4, 0.5) is 11.4 Å². The number of hydrogen-bond acceptors (Lipinski definition) is 8. The van der Waals surface area contributed by atoms with Gasteiger partial charge in [0.25, 0.3) is 0 Å². The van der Waals surface area contributed by atoms with E-state index in [0.29, 0.717) is 22.1 Å². The molecule has 1 fully saturated rings. The molecule has 2 aromatic carbocycles. The Hall–Kier alpha value is -3.51. The van der Waals surface area contributed by atoms with Crippen LogP contribution in [0.2, 0.25) is 5.02 Å². The van der Waals surface area contributed by atoms with Crippen LogP contribution in [0.3, 0.4) is 0 Å². The molecule has 2 aliphatic rings. The molecule has 2 aliphatic heterocycles. The second kappa shape index (κ2) is 12.6. The van der Waals surface area contributed by atoms with Crippen molar-refractivity contribution in [3.8, 4) is 6.07 Å². The van der Waals surface area contributed by atoms with Gasteiger partial charge in [-0.2, -0.15) is 5.26 Å². The summed E-state index contributed by atoms with van der Waals surface area (Å²) in [5.74, 6) is 0. The number of benzene rings is 2. The van der Waals surface area contributed by atoms with Crippen molar-refractivity contribution in [2.24, 2.45) is 5.41 Å². The number of anilines is 2. The Kier molecular flexibility index (Phi) is 9.07. The molecule has 0 unspecified atom stereocenters. The first kappa shape index (κ1) is 30.9. The highest BCUT2D eigenvalue weighted by Gasteiger charge is 2.32. The number of fused-ring (bicyclic) bond motifs is 1. The SMILES string of the molecule is CC(C)(C)CCNc1c(C#N)cnc2c(Cl)cc(N[C@H](C3=CN(C4CCN(C(C)(C)C)CC4)NN3)c3ccccc3)cc12. The molecular weight excluding hydrogens is 556 g/mol. The Bertz CT molecular complexity index is 1490. The van der Waals surface area contributed by atoms with Gasteiger partial charge in [-0.1, -0.05) is 62.7 Å². The van der Waals surface area contributed by atoms with E-state index < -0.39 is 0 Å². The van der Waals surface area contributed by atoms with Crippen molar-refractivity contribution in [3.05, 3.63) is 76.7 Å². The summed E-state index contributed by atoms with van der Waals surface area (Å²) in [7, 11) is 0. The lowest BCUT2D eigenvalue weighted by molar-refractivity contribution is 0.0570. The lowest BCUT2D eigenvalue weighted by Gasteiger charge is -2.42. The van der Waals surface area contributed by atoms with E-state index in [4.69, 9.17) is 11.6 Å². The molecule has 1 saturated heterocycles. The van der Waals surface area contributed by atoms with Gasteiger partial charge >= 0.3 is 0 Å². The standard InChI is InChI=1S/C34H45ClN8/c1-33(2,3)14-15-37-30-24(20-36)21-38-32-27(30)18-25(19-28(32)35)39-31(23-10-8-7-9-11-23)29-22-43(41-40-29)26-12-16-42(17-13-26)34(4,5)6/h7-11,18-19,21-22,26,31,39-41H,12-17H2,1-6H3,(H,37,38)/t31-/m0/s1. The molecule has 1 aromatic heterocycles. The van der Waals surface area contributed by atoms with Gasteiger partial charge in [-0.3, -0.25) is 14.9 Å². The third kappa shape index (κ3) is 7.35. The fraction of sp³-hybridized carbons (Fsp3) is 0.471. The van der Waals surface area contributed by atoms with Gasteiger partial charge in [0.2, 0.25) is 0 Å². The quantitative estimate of drug-likeness (QED) is 0.216. The van der Waals surface area contributed by atoms with Gasteiger partial charge in [-0.25, -0.2) is 0 Å². The van der Waals surface area contributed by atoms with Crippen molar-refractivity contribution in [1.29, 1.82) is 5.26 Å². The van der Waals surface area contributed by atoms with Crippen LogP contribution in [-0.4, -0.2) is 46.1 Å². The summed E-state index contributed by atoms with van der Waals surface area (Å²) >= 11 is 6.83. The monoisotopic (exact) mass is 600 g/mol. The molecule has 43 heavy (non-hydrogen) atoms. The van der Waals surface area contributed by atoms with E-state index >= 15 is 0 Å². The highest BCUT2D eigenvalue weighted by atomic mass is 35.5. The first-order valence-electron chi connectivity index (χ1n) is 15.3. The van der Waals surface area contributed by atoms with Crippen molar-refractivity contribution in [3.63, 3.8) is 0 Å². The molecule has 8 nitrogen and oxygen atoms in total. The predicted octanol–water partition coefficient (Wildman–Crippen LogP) is 7.19. The predicted molar refractivity (Wildman–Crippen MR) is 177 cm³/mol. The molecule has 3 heterocycles. The van der Waals surface area contributed by atoms with Gasteiger partial charge in [0.1, 0.15) is 6.07 Å². The molecule has 0 radical (unpaired) electrons. The minimum Gasteiger partial charge on any atom is -0.383 e. The van der Waals surface area contributed by atoms with Crippen LogP contribution in [0.1, 0.15) is 78.0 Å². The van der Waals surface area contributed by atoms with Gasteiger partial charge in [-0.15, -0.1) is 5.53 Å². The fourth-order valence-corrected chi connectivity index (χ4v) is 6.10. The third-order valence-electron chi connectivity index (χ3n) is 8.39. The normalized spacial score (nSPS) is 17.3. The van der Waals surface area contributed by atoms with E-state index in [1.807, 2.05) is 18.2 Å². The lowest BCUT2D eigenvalue weighted by atomic mass is 9.92. The van der Waals surface area contributed by atoms with Crippen molar-refractivity contribution in [2.75, 3.05) is 30.3 Å². The highest BCUT2D eigenvalue weighted by molar-refractivity contribution is 6.35. The first-order chi connectivity index (χ1) is 20.4. The van der Waals surface area contributed by atoms with Gasteiger partial charge < -0.3 is 16.1 Å². The van der Waals surface area contributed by atoms with Crippen molar-refractivity contribution in [1.82, 2.24) is 25.9 Å². The number of pyridine rings is 1. The summed E-state index contributed by atoms with van der Waals surface area (Å²) in [5, 5.41) is 20.7. The van der Waals surface area contributed by atoms with Crippen LogP contribution < -0.4 is 21.6 Å². The molecule has 3 aromatic rings. The highest BCUT2D eigenvalue weighted by Crippen LogP contribution is 2.36. The van der Waals surface area contributed by atoms with Crippen LogP contribution in [0, 0.1) is 16.7 Å². The van der Waals surface area contributed by atoms with Crippen LogP contribution >= 0.6 is 11.6 Å². The number of hydrazine groups is 2. The molecule has 0 aliphatic carbocycles. The molecule has 228 valence electrons. The summed E-state index contributed by atoms with van der Waals surface area (Å²) < 4.78 is 0. The zero-order valence-electron chi connectivity index (χ0n) is 26.3. The van der Waals surface area contributed by atoms with Crippen LogP contribution in [0.15, 0.2) is 60.6 Å². The van der Waals surface area contributed by atoms with Gasteiger partial charge in [0.05, 0.1) is 33.5 Å². The summed E-state index contributed by atoms with van der Waals surface area (Å²) in [5.41, 5.74) is 12.2. The lowest BCUT2D eigenvalue weighted by Crippen LogP contribution is -2.52. The molecule has 0 bridgehead atoms. The number of likely N-dealkylation sites (tertiary alicyclic amines) is 1. The Morgan fingerprint density at radius 2 is 1.81 bits per heavy atom. The van der Waals surface area contributed by atoms with Gasteiger partial charge in [0, 0.05) is 54.7 Å². The maximum atomic E-state index is 9.89. The molecule has 4 N–H and O–H groups in total. The number of nitrogens with zero attached hydrogens (tertiary/aromatic N) is 4. The van der Waals surface area contributed by atoms with Crippen molar-refractivity contribution in [2.45, 2.75) is 78.4 Å². The molecule has 0 amide bonds. The third-order valence-corrected chi connectivity index (χ3v) is 8.68. The number of rotatable bonds is 8. The topological polar surface area (TPSA) is 91.3 Å². The molecular formula is C34H45ClN8. The van der Waals surface area contributed by atoms with E-state index in [0.717, 1.165) is 66.9 Å². The van der Waals surface area contributed by atoms with E-state index in [9.17, 15) is 5.26 Å². The molecule has 5 rings (SSSR count). The Morgan fingerprint density at radius 1 is 1.09 bits per heavy atom. The van der Waals surface area contributed by atoms with E-state index in [1.165, 1.54) is 0 Å². The summed E-state index contributed by atoms with van der Waals surface area (Å²) in [6.07, 6.45) is 6.95. The second-order valence-corrected chi connectivity index (χ2v) is 14.3. The maximum absolute atomic E-state index is 9.89. The van der Waals surface area contributed by atoms with E-state index in [2.05, 4.69) is 115 Å². The largest absolute Gasteiger partial charge is 0.383 e. The number of piperidine rings is 1. The molecule has 9 heteroatoms. The number of nitrogens with one attached hydrogen (secondary N) is 4. The van der Waals surface area contributed by atoms with Gasteiger partial charge in [-0.05, 0) is 63.1 Å². The minimum absolute atomic E-state index is 0.161. The summed E-state index contributed by atoms with van der Waals surface area (Å²) in [4.78, 5) is 7.10. The minimum atomic E-state index is -0.161. The first-order valence-corrected chi connectivity index (χ1v) is 15.7. The number of hydrogen-bond donors (Lipinski definition) is 4. The number of halogens is 1. The average molecular weight is 601 g/mol. The second-order valence-electron chi connectivity index (χ2n) is 13.9.